The lowest BCUT2D eigenvalue weighted by atomic mass is 9.74. The summed E-state index contributed by atoms with van der Waals surface area (Å²) >= 11 is 0. The summed E-state index contributed by atoms with van der Waals surface area (Å²) in [4.78, 5) is 26.5. The van der Waals surface area contributed by atoms with Gasteiger partial charge in [-0.15, -0.1) is 0 Å². The number of carboxylic acid groups (broad SMARTS) is 1. The van der Waals surface area contributed by atoms with Crippen molar-refractivity contribution in [3.8, 4) is 0 Å². The molecule has 1 fully saturated rings. The summed E-state index contributed by atoms with van der Waals surface area (Å²) in [5, 5.41) is 11.7. The van der Waals surface area contributed by atoms with E-state index in [0.29, 0.717) is 5.56 Å². The van der Waals surface area contributed by atoms with Crippen LogP contribution in [0.3, 0.4) is 0 Å². The largest absolute Gasteiger partial charge is 0.481 e. The van der Waals surface area contributed by atoms with Gasteiger partial charge in [-0.1, -0.05) is 0 Å². The van der Waals surface area contributed by atoms with Gasteiger partial charge in [-0.3, -0.25) is 14.6 Å². The van der Waals surface area contributed by atoms with E-state index in [2.05, 4.69) is 10.3 Å². The number of rotatable bonds is 4. The number of nitrogens with one attached hydrogen (secondary N) is 1. The first kappa shape index (κ1) is 11.6. The third-order valence-electron chi connectivity index (χ3n) is 3.12. The van der Waals surface area contributed by atoms with Gasteiger partial charge < -0.3 is 10.4 Å². The molecule has 0 saturated heterocycles. The number of amides is 1. The average Bonchev–Trinajstić information content (AvgIpc) is 2.26. The highest BCUT2D eigenvalue weighted by Crippen LogP contribution is 2.35. The average molecular weight is 234 g/mol. The molecule has 0 spiro atoms. The predicted molar refractivity (Wildman–Crippen MR) is 60.5 cm³/mol. The lowest BCUT2D eigenvalue weighted by molar-refractivity contribution is -0.139. The molecule has 5 nitrogen and oxygen atoms in total. The smallest absolute Gasteiger partial charge is 0.305 e. The molecular weight excluding hydrogens is 220 g/mol. The molecule has 1 aliphatic carbocycles. The van der Waals surface area contributed by atoms with Crippen molar-refractivity contribution < 1.29 is 14.7 Å². The number of pyridine rings is 1. The highest BCUT2D eigenvalue weighted by molar-refractivity contribution is 5.94. The van der Waals surface area contributed by atoms with Gasteiger partial charge in [0.05, 0.1) is 12.0 Å². The van der Waals surface area contributed by atoms with E-state index in [-0.39, 0.29) is 12.3 Å². The number of carbonyl (C=O) groups is 2. The number of hydrogen-bond acceptors (Lipinski definition) is 3. The monoisotopic (exact) mass is 234 g/mol. The van der Waals surface area contributed by atoms with Crippen molar-refractivity contribution in [1.82, 2.24) is 10.3 Å². The van der Waals surface area contributed by atoms with Crippen LogP contribution in [0.15, 0.2) is 24.5 Å². The van der Waals surface area contributed by atoms with E-state index < -0.39 is 11.5 Å². The zero-order valence-corrected chi connectivity index (χ0v) is 9.35. The summed E-state index contributed by atoms with van der Waals surface area (Å²) in [6.07, 6.45) is 5.50. The molecule has 1 aromatic rings. The number of carboxylic acids is 1. The van der Waals surface area contributed by atoms with Crippen molar-refractivity contribution in [2.24, 2.45) is 0 Å². The van der Waals surface area contributed by atoms with Crippen LogP contribution >= 0.6 is 0 Å². The third-order valence-corrected chi connectivity index (χ3v) is 3.12. The molecule has 2 N–H and O–H groups in total. The van der Waals surface area contributed by atoms with Gasteiger partial charge in [0.25, 0.3) is 5.91 Å². The van der Waals surface area contributed by atoms with Crippen molar-refractivity contribution in [3.05, 3.63) is 30.1 Å². The molecule has 0 radical (unpaired) electrons. The fraction of sp³-hybridized carbons (Fsp3) is 0.417. The van der Waals surface area contributed by atoms with Crippen LogP contribution in [0.5, 0.6) is 0 Å². The Labute approximate surface area is 98.9 Å². The second-order valence-corrected chi connectivity index (χ2v) is 4.39. The normalized spacial score (nSPS) is 16.9. The number of hydrogen-bond donors (Lipinski definition) is 2. The van der Waals surface area contributed by atoms with E-state index in [4.69, 9.17) is 5.11 Å². The van der Waals surface area contributed by atoms with Gasteiger partial charge in [0.2, 0.25) is 0 Å². The van der Waals surface area contributed by atoms with Gasteiger partial charge in [0.15, 0.2) is 0 Å². The van der Waals surface area contributed by atoms with Gasteiger partial charge in [-0.2, -0.15) is 0 Å². The van der Waals surface area contributed by atoms with Crippen molar-refractivity contribution >= 4 is 11.9 Å². The Morgan fingerprint density at radius 3 is 2.47 bits per heavy atom. The summed E-state index contributed by atoms with van der Waals surface area (Å²) in [5.41, 5.74) is -0.0386. The highest BCUT2D eigenvalue weighted by atomic mass is 16.4. The molecule has 1 saturated carbocycles. The molecule has 0 atom stereocenters. The quantitative estimate of drug-likeness (QED) is 0.820. The Bertz CT molecular complexity index is 427. The Morgan fingerprint density at radius 1 is 1.35 bits per heavy atom. The zero-order valence-electron chi connectivity index (χ0n) is 9.35. The van der Waals surface area contributed by atoms with Crippen molar-refractivity contribution in [2.45, 2.75) is 31.2 Å². The lowest BCUT2D eigenvalue weighted by Gasteiger charge is -2.41. The first-order chi connectivity index (χ1) is 8.11. The van der Waals surface area contributed by atoms with Crippen LogP contribution in [-0.4, -0.2) is 27.5 Å². The van der Waals surface area contributed by atoms with Crippen LogP contribution in [0.2, 0.25) is 0 Å². The van der Waals surface area contributed by atoms with Crippen LogP contribution in [0.1, 0.15) is 36.0 Å². The minimum Gasteiger partial charge on any atom is -0.481 e. The van der Waals surface area contributed by atoms with Gasteiger partial charge in [-0.05, 0) is 31.4 Å². The zero-order chi connectivity index (χ0) is 12.3. The van der Waals surface area contributed by atoms with Crippen molar-refractivity contribution in [1.29, 1.82) is 0 Å². The molecular formula is C12H14N2O3. The van der Waals surface area contributed by atoms with E-state index >= 15 is 0 Å². The minimum atomic E-state index is -0.875. The third kappa shape index (κ3) is 2.61. The van der Waals surface area contributed by atoms with E-state index in [0.717, 1.165) is 19.3 Å². The lowest BCUT2D eigenvalue weighted by Crippen LogP contribution is -2.54. The summed E-state index contributed by atoms with van der Waals surface area (Å²) in [6, 6.07) is 3.23. The van der Waals surface area contributed by atoms with Crippen LogP contribution in [-0.2, 0) is 4.79 Å². The number of nitrogens with zero attached hydrogens (tertiary/aromatic N) is 1. The maximum atomic E-state index is 11.9. The number of aromatic nitrogens is 1. The van der Waals surface area contributed by atoms with Crippen LogP contribution < -0.4 is 5.32 Å². The Balaban J connectivity index is 2.05. The molecule has 90 valence electrons. The maximum absolute atomic E-state index is 11.9. The Morgan fingerprint density at radius 2 is 2.00 bits per heavy atom. The first-order valence-corrected chi connectivity index (χ1v) is 5.56. The van der Waals surface area contributed by atoms with Gasteiger partial charge in [0.1, 0.15) is 0 Å². The second kappa shape index (κ2) is 4.53. The molecule has 0 bridgehead atoms. The van der Waals surface area contributed by atoms with Gasteiger partial charge >= 0.3 is 5.97 Å². The molecule has 0 aromatic carbocycles. The fourth-order valence-corrected chi connectivity index (χ4v) is 2.06. The van der Waals surface area contributed by atoms with E-state index in [9.17, 15) is 9.59 Å². The van der Waals surface area contributed by atoms with Gasteiger partial charge in [0, 0.05) is 18.0 Å². The summed E-state index contributed by atoms with van der Waals surface area (Å²) in [5.74, 6) is -1.10. The fourth-order valence-electron chi connectivity index (χ4n) is 2.06. The van der Waals surface area contributed by atoms with Crippen LogP contribution in [0.4, 0.5) is 0 Å². The van der Waals surface area contributed by atoms with Crippen molar-refractivity contribution in [3.63, 3.8) is 0 Å². The molecule has 0 aliphatic heterocycles. The van der Waals surface area contributed by atoms with Crippen LogP contribution in [0, 0.1) is 0 Å². The first-order valence-electron chi connectivity index (χ1n) is 5.56. The molecule has 17 heavy (non-hydrogen) atoms. The Hall–Kier alpha value is -1.91. The summed E-state index contributed by atoms with van der Waals surface area (Å²) in [7, 11) is 0. The molecule has 0 unspecified atom stereocenters. The molecule has 1 aromatic heterocycles. The number of aliphatic carboxylic acids is 1. The predicted octanol–water partition coefficient (Wildman–Crippen LogP) is 1.21. The topological polar surface area (TPSA) is 79.3 Å². The Kier molecular flexibility index (Phi) is 3.08. The number of carbonyl (C=O) groups excluding carboxylic acids is 1. The SMILES string of the molecule is O=C(O)CC1(NC(=O)c2ccncc2)CCC1. The van der Waals surface area contributed by atoms with E-state index in [1.54, 1.807) is 24.5 Å². The van der Waals surface area contributed by atoms with Gasteiger partial charge in [-0.25, -0.2) is 0 Å². The molecule has 1 heterocycles. The maximum Gasteiger partial charge on any atom is 0.305 e. The summed E-state index contributed by atoms with van der Waals surface area (Å²) in [6.45, 7) is 0. The highest BCUT2D eigenvalue weighted by Gasteiger charge is 2.40. The van der Waals surface area contributed by atoms with E-state index in [1.807, 2.05) is 0 Å². The van der Waals surface area contributed by atoms with Crippen molar-refractivity contribution in [2.75, 3.05) is 0 Å². The van der Waals surface area contributed by atoms with E-state index in [1.165, 1.54) is 0 Å². The molecule has 1 aliphatic rings. The minimum absolute atomic E-state index is 0.0101. The molecule has 1 amide bonds. The van der Waals surface area contributed by atoms with Crippen LogP contribution in [0.25, 0.3) is 0 Å². The molecule has 2 rings (SSSR count). The second-order valence-electron chi connectivity index (χ2n) is 4.39. The standard InChI is InChI=1S/C12H14N2O3/c15-10(16)8-12(4-1-5-12)14-11(17)9-2-6-13-7-3-9/h2-3,6-7H,1,4-5,8H2,(H,14,17)(H,15,16). The summed E-state index contributed by atoms with van der Waals surface area (Å²) < 4.78 is 0. The molecule has 5 heteroatoms.